The van der Waals surface area contributed by atoms with Crippen LogP contribution in [-0.2, 0) is 11.3 Å². The molecule has 0 spiro atoms. The molecule has 2 heterocycles. The second-order valence-electron chi connectivity index (χ2n) is 7.13. The number of anilines is 1. The van der Waals surface area contributed by atoms with Gasteiger partial charge in [-0.25, -0.2) is 4.68 Å². The first-order valence-corrected chi connectivity index (χ1v) is 9.95. The van der Waals surface area contributed by atoms with Crippen LogP contribution in [0.25, 0.3) is 0 Å². The largest absolute Gasteiger partial charge is 0.320 e. The summed E-state index contributed by atoms with van der Waals surface area (Å²) in [5, 5.41) is 11.2. The summed E-state index contributed by atoms with van der Waals surface area (Å²) in [6.07, 6.45) is 5.25. The SMILES string of the molecule is CNCCC1CCN(CC(=O)Nc2ccnn2Cc2ccccc2Cl)CC1. The van der Waals surface area contributed by atoms with Gasteiger partial charge in [-0.3, -0.25) is 9.69 Å². The van der Waals surface area contributed by atoms with Crippen molar-refractivity contribution >= 4 is 23.3 Å². The van der Waals surface area contributed by atoms with Crippen molar-refractivity contribution in [3.63, 3.8) is 0 Å². The quantitative estimate of drug-likeness (QED) is 0.728. The summed E-state index contributed by atoms with van der Waals surface area (Å²) in [5.41, 5.74) is 0.974. The van der Waals surface area contributed by atoms with Crippen LogP contribution in [0.3, 0.4) is 0 Å². The Hall–Kier alpha value is -1.89. The molecule has 0 unspecified atom stereocenters. The van der Waals surface area contributed by atoms with Gasteiger partial charge in [-0.15, -0.1) is 0 Å². The highest BCUT2D eigenvalue weighted by atomic mass is 35.5. The molecule has 3 rings (SSSR count). The number of carbonyl (C=O) groups excluding carboxylic acids is 1. The molecule has 6 nitrogen and oxygen atoms in total. The predicted molar refractivity (Wildman–Crippen MR) is 109 cm³/mol. The lowest BCUT2D eigenvalue weighted by atomic mass is 9.93. The number of aromatic nitrogens is 2. The van der Waals surface area contributed by atoms with E-state index in [0.29, 0.717) is 23.9 Å². The Morgan fingerprint density at radius 2 is 2.04 bits per heavy atom. The highest BCUT2D eigenvalue weighted by molar-refractivity contribution is 6.31. The normalized spacial score (nSPS) is 15.8. The number of likely N-dealkylation sites (tertiary alicyclic amines) is 1. The molecule has 1 saturated heterocycles. The summed E-state index contributed by atoms with van der Waals surface area (Å²) >= 11 is 6.23. The first kappa shape index (κ1) is 19.9. The Morgan fingerprint density at radius 1 is 1.26 bits per heavy atom. The van der Waals surface area contributed by atoms with E-state index in [2.05, 4.69) is 20.6 Å². The van der Waals surface area contributed by atoms with Crippen LogP contribution in [0, 0.1) is 5.92 Å². The summed E-state index contributed by atoms with van der Waals surface area (Å²) in [6, 6.07) is 9.49. The van der Waals surface area contributed by atoms with Crippen molar-refractivity contribution in [1.82, 2.24) is 20.0 Å². The van der Waals surface area contributed by atoms with Gasteiger partial charge in [0.1, 0.15) is 5.82 Å². The zero-order chi connectivity index (χ0) is 19.1. The molecule has 0 aliphatic carbocycles. The summed E-state index contributed by atoms with van der Waals surface area (Å²) < 4.78 is 1.77. The molecule has 27 heavy (non-hydrogen) atoms. The minimum atomic E-state index is 0.00424. The third-order valence-corrected chi connectivity index (χ3v) is 5.51. The topological polar surface area (TPSA) is 62.2 Å². The van der Waals surface area contributed by atoms with Gasteiger partial charge in [-0.05, 0) is 63.5 Å². The molecule has 1 aliphatic rings. The Labute approximate surface area is 165 Å². The standard InChI is InChI=1S/C20H28ClN5O/c1-22-10-6-16-8-12-25(13-9-16)15-20(27)24-19-7-11-23-26(19)14-17-4-2-3-5-18(17)21/h2-5,7,11,16,22H,6,8-10,12-15H2,1H3,(H,24,27). The smallest absolute Gasteiger partial charge is 0.239 e. The molecule has 1 aromatic carbocycles. The van der Waals surface area contributed by atoms with E-state index < -0.39 is 0 Å². The molecule has 0 atom stereocenters. The van der Waals surface area contributed by atoms with Gasteiger partial charge in [0, 0.05) is 11.1 Å². The zero-order valence-corrected chi connectivity index (χ0v) is 16.6. The number of carbonyl (C=O) groups is 1. The second kappa shape index (κ2) is 9.88. The molecule has 1 aliphatic heterocycles. The van der Waals surface area contributed by atoms with Gasteiger partial charge in [-0.1, -0.05) is 29.8 Å². The maximum Gasteiger partial charge on any atom is 0.239 e. The van der Waals surface area contributed by atoms with Gasteiger partial charge in [0.15, 0.2) is 0 Å². The molecule has 2 N–H and O–H groups in total. The maximum atomic E-state index is 12.5. The third kappa shape index (κ3) is 5.79. The number of hydrogen-bond donors (Lipinski definition) is 2. The van der Waals surface area contributed by atoms with E-state index in [0.717, 1.165) is 31.1 Å². The molecule has 0 radical (unpaired) electrons. The fraction of sp³-hybridized carbons (Fsp3) is 0.500. The Morgan fingerprint density at radius 3 is 2.78 bits per heavy atom. The summed E-state index contributed by atoms with van der Waals surface area (Å²) in [4.78, 5) is 14.7. The zero-order valence-electron chi connectivity index (χ0n) is 15.8. The van der Waals surface area contributed by atoms with Crippen molar-refractivity contribution in [2.45, 2.75) is 25.8 Å². The molecule has 7 heteroatoms. The Bertz CT molecular complexity index is 739. The molecule has 0 saturated carbocycles. The van der Waals surface area contributed by atoms with Crippen LogP contribution in [0.15, 0.2) is 36.5 Å². The fourth-order valence-electron chi connectivity index (χ4n) is 3.52. The van der Waals surface area contributed by atoms with E-state index in [1.54, 1.807) is 10.9 Å². The van der Waals surface area contributed by atoms with E-state index in [-0.39, 0.29) is 5.91 Å². The summed E-state index contributed by atoms with van der Waals surface area (Å²) in [5.74, 6) is 1.47. The van der Waals surface area contributed by atoms with Crippen LogP contribution in [0.4, 0.5) is 5.82 Å². The summed E-state index contributed by atoms with van der Waals surface area (Å²) in [7, 11) is 2.00. The number of nitrogens with one attached hydrogen (secondary N) is 2. The number of rotatable bonds is 8. The van der Waals surface area contributed by atoms with Crippen molar-refractivity contribution in [1.29, 1.82) is 0 Å². The van der Waals surface area contributed by atoms with Crippen LogP contribution in [-0.4, -0.2) is 53.8 Å². The third-order valence-electron chi connectivity index (χ3n) is 5.14. The van der Waals surface area contributed by atoms with E-state index in [9.17, 15) is 4.79 Å². The average Bonchev–Trinajstić information content (AvgIpc) is 3.09. The highest BCUT2D eigenvalue weighted by Gasteiger charge is 2.21. The molecule has 1 aromatic heterocycles. The molecular formula is C20H28ClN5O. The Balaban J connectivity index is 1.49. The van der Waals surface area contributed by atoms with Crippen LogP contribution in [0.1, 0.15) is 24.8 Å². The maximum absolute atomic E-state index is 12.5. The number of nitrogens with zero attached hydrogens (tertiary/aromatic N) is 3. The molecule has 0 bridgehead atoms. The number of benzene rings is 1. The van der Waals surface area contributed by atoms with Gasteiger partial charge in [-0.2, -0.15) is 5.10 Å². The van der Waals surface area contributed by atoms with Crippen LogP contribution in [0.5, 0.6) is 0 Å². The Kier molecular flexibility index (Phi) is 7.26. The monoisotopic (exact) mass is 389 g/mol. The lowest BCUT2D eigenvalue weighted by molar-refractivity contribution is -0.117. The molecule has 1 fully saturated rings. The minimum Gasteiger partial charge on any atom is -0.320 e. The minimum absolute atomic E-state index is 0.00424. The van der Waals surface area contributed by atoms with Crippen molar-refractivity contribution in [3.8, 4) is 0 Å². The van der Waals surface area contributed by atoms with Crippen molar-refractivity contribution in [2.75, 3.05) is 38.5 Å². The van der Waals surface area contributed by atoms with Crippen LogP contribution < -0.4 is 10.6 Å². The van der Waals surface area contributed by atoms with Crippen LogP contribution >= 0.6 is 11.6 Å². The van der Waals surface area contributed by atoms with E-state index in [4.69, 9.17) is 11.6 Å². The van der Waals surface area contributed by atoms with E-state index >= 15 is 0 Å². The summed E-state index contributed by atoms with van der Waals surface area (Å²) in [6.45, 7) is 4.00. The highest BCUT2D eigenvalue weighted by Crippen LogP contribution is 2.20. The van der Waals surface area contributed by atoms with E-state index in [1.807, 2.05) is 37.4 Å². The number of halogens is 1. The molecule has 146 valence electrons. The lowest BCUT2D eigenvalue weighted by Crippen LogP contribution is -2.39. The lowest BCUT2D eigenvalue weighted by Gasteiger charge is -2.31. The molecule has 2 aromatic rings. The van der Waals surface area contributed by atoms with Gasteiger partial charge in [0.05, 0.1) is 19.3 Å². The number of amides is 1. The number of piperidine rings is 1. The van der Waals surface area contributed by atoms with Crippen LogP contribution in [0.2, 0.25) is 5.02 Å². The molecular weight excluding hydrogens is 362 g/mol. The first-order chi connectivity index (χ1) is 13.2. The van der Waals surface area contributed by atoms with Gasteiger partial charge in [0.2, 0.25) is 5.91 Å². The van der Waals surface area contributed by atoms with Crippen molar-refractivity contribution in [2.24, 2.45) is 5.92 Å². The van der Waals surface area contributed by atoms with Crippen molar-refractivity contribution < 1.29 is 4.79 Å². The first-order valence-electron chi connectivity index (χ1n) is 9.57. The van der Waals surface area contributed by atoms with Gasteiger partial charge in [0.25, 0.3) is 0 Å². The number of hydrogen-bond acceptors (Lipinski definition) is 4. The van der Waals surface area contributed by atoms with Crippen molar-refractivity contribution in [3.05, 3.63) is 47.1 Å². The molecule has 1 amide bonds. The second-order valence-corrected chi connectivity index (χ2v) is 7.53. The predicted octanol–water partition coefficient (Wildman–Crippen LogP) is 2.84. The van der Waals surface area contributed by atoms with Gasteiger partial charge < -0.3 is 10.6 Å². The fourth-order valence-corrected chi connectivity index (χ4v) is 3.72. The van der Waals surface area contributed by atoms with E-state index in [1.165, 1.54) is 19.3 Å². The van der Waals surface area contributed by atoms with Gasteiger partial charge >= 0.3 is 0 Å². The average molecular weight is 390 g/mol.